The molecule has 4 rings (SSSR count). The van der Waals surface area contributed by atoms with E-state index >= 15 is 0 Å². The molecule has 1 aromatic carbocycles. The first-order valence-electron chi connectivity index (χ1n) is 9.54. The van der Waals surface area contributed by atoms with E-state index in [1.54, 1.807) is 5.38 Å². The first-order valence-corrected chi connectivity index (χ1v) is 13.4. The lowest BCUT2D eigenvalue weighted by molar-refractivity contribution is 0.196. The van der Waals surface area contributed by atoms with Crippen molar-refractivity contribution < 1.29 is 13.5 Å². The van der Waals surface area contributed by atoms with E-state index in [4.69, 9.17) is 0 Å². The maximum atomic E-state index is 13.1. The molecule has 31 heavy (non-hydrogen) atoms. The molecule has 0 spiro atoms. The summed E-state index contributed by atoms with van der Waals surface area (Å²) in [4.78, 5) is 2.20. The summed E-state index contributed by atoms with van der Waals surface area (Å²) in [6.45, 7) is 5.13. The van der Waals surface area contributed by atoms with E-state index in [0.717, 1.165) is 39.8 Å². The van der Waals surface area contributed by atoms with Gasteiger partial charge in [-0.05, 0) is 34.6 Å². The number of piperazine rings is 1. The van der Waals surface area contributed by atoms with Crippen LogP contribution in [0.3, 0.4) is 0 Å². The van der Waals surface area contributed by atoms with Crippen LogP contribution in [0, 0.1) is 0 Å². The lowest BCUT2D eigenvalue weighted by Crippen LogP contribution is -2.48. The summed E-state index contributed by atoms with van der Waals surface area (Å²) in [6.07, 6.45) is 0. The Morgan fingerprint density at radius 2 is 1.74 bits per heavy atom. The Kier molecular flexibility index (Phi) is 6.79. The number of halogens is 1. The van der Waals surface area contributed by atoms with Gasteiger partial charge in [0.05, 0.1) is 23.1 Å². The van der Waals surface area contributed by atoms with Crippen molar-refractivity contribution in [1.29, 1.82) is 0 Å². The minimum atomic E-state index is -3.77. The fourth-order valence-electron chi connectivity index (χ4n) is 3.18. The van der Waals surface area contributed by atoms with Crippen LogP contribution in [0.4, 0.5) is 23.0 Å². The summed E-state index contributed by atoms with van der Waals surface area (Å²) >= 11 is 5.47. The second-order valence-corrected chi connectivity index (χ2v) is 11.2. The molecule has 13 heteroatoms. The van der Waals surface area contributed by atoms with Gasteiger partial charge in [-0.15, -0.1) is 11.3 Å². The van der Waals surface area contributed by atoms with E-state index in [0.29, 0.717) is 37.8 Å². The van der Waals surface area contributed by atoms with Crippen molar-refractivity contribution in [3.8, 4) is 5.75 Å². The fraction of sp³-hybridized carbons (Fsp3) is 0.333. The number of nitrogens with zero attached hydrogens (tertiary/aromatic N) is 4. The van der Waals surface area contributed by atoms with Gasteiger partial charge in [0.2, 0.25) is 0 Å². The van der Waals surface area contributed by atoms with Crippen LogP contribution in [0.15, 0.2) is 38.3 Å². The van der Waals surface area contributed by atoms with E-state index in [-0.39, 0.29) is 15.6 Å². The predicted molar refractivity (Wildman–Crippen MR) is 127 cm³/mol. The van der Waals surface area contributed by atoms with Crippen molar-refractivity contribution in [2.45, 2.75) is 11.1 Å². The highest BCUT2D eigenvalue weighted by molar-refractivity contribution is 9.10. The van der Waals surface area contributed by atoms with Crippen LogP contribution in [0.1, 0.15) is 6.92 Å². The Morgan fingerprint density at radius 3 is 2.39 bits per heavy atom. The summed E-state index contributed by atoms with van der Waals surface area (Å²) in [5.74, 6) is 0.569. The molecule has 166 valence electrons. The number of likely N-dealkylation sites (N-methyl/N-ethyl adjacent to an activating group) is 1. The molecular weight excluding hydrogens is 524 g/mol. The quantitative estimate of drug-likeness (QED) is 0.411. The normalized spacial score (nSPS) is 15.8. The number of sulfonamides is 1. The molecule has 1 aliphatic rings. The highest BCUT2D eigenvalue weighted by Crippen LogP contribution is 2.41. The molecule has 1 aliphatic heterocycles. The largest absolute Gasteiger partial charge is 0.504 e. The molecule has 0 bridgehead atoms. The smallest absolute Gasteiger partial charge is 0.256 e. The standard InChI is InChI=1S/C18H21BrN6O3S3/c1-2-24-7-9-25(10-8-24)31(27,28)18-15(26)14(11-29-18)21-17-16(22-30-23-17)20-13-6-4-3-5-12(13)19/h3-6,11,26H,2,7-10H2,1H3,(H,20,22)(H,21,23). The van der Waals surface area contributed by atoms with E-state index < -0.39 is 10.0 Å². The van der Waals surface area contributed by atoms with Gasteiger partial charge in [-0.3, -0.25) is 0 Å². The third kappa shape index (κ3) is 4.71. The van der Waals surface area contributed by atoms with Crippen molar-refractivity contribution in [3.63, 3.8) is 0 Å². The SMILES string of the molecule is CCN1CCN(S(=O)(=O)c2scc(Nc3nsnc3Nc3ccccc3Br)c2O)CC1. The van der Waals surface area contributed by atoms with Gasteiger partial charge in [-0.2, -0.15) is 13.1 Å². The number of para-hydroxylation sites is 1. The molecule has 0 radical (unpaired) electrons. The Bertz CT molecular complexity index is 1160. The molecule has 3 N–H and O–H groups in total. The number of rotatable bonds is 7. The van der Waals surface area contributed by atoms with Crippen LogP contribution >= 0.6 is 39.0 Å². The molecule has 0 atom stereocenters. The summed E-state index contributed by atoms with van der Waals surface area (Å²) < 4.78 is 36.8. The second-order valence-electron chi connectivity index (χ2n) is 6.82. The van der Waals surface area contributed by atoms with Crippen LogP contribution in [0.5, 0.6) is 5.75 Å². The number of nitrogens with one attached hydrogen (secondary N) is 2. The van der Waals surface area contributed by atoms with E-state index in [9.17, 15) is 13.5 Å². The lowest BCUT2D eigenvalue weighted by Gasteiger charge is -2.32. The first kappa shape index (κ1) is 22.4. The molecule has 0 unspecified atom stereocenters. The Balaban J connectivity index is 1.52. The highest BCUT2D eigenvalue weighted by Gasteiger charge is 2.32. The van der Waals surface area contributed by atoms with Crippen LogP contribution < -0.4 is 10.6 Å². The maximum Gasteiger partial charge on any atom is 0.256 e. The first-order chi connectivity index (χ1) is 14.9. The third-order valence-electron chi connectivity index (χ3n) is 4.95. The van der Waals surface area contributed by atoms with Crippen LogP contribution in [-0.2, 0) is 10.0 Å². The van der Waals surface area contributed by atoms with Crippen LogP contribution in [0.2, 0.25) is 0 Å². The predicted octanol–water partition coefficient (Wildman–Crippen LogP) is 3.88. The zero-order valence-corrected chi connectivity index (χ0v) is 20.6. The molecule has 0 aliphatic carbocycles. The number of thiophene rings is 1. The highest BCUT2D eigenvalue weighted by atomic mass is 79.9. The minimum Gasteiger partial charge on any atom is -0.504 e. The monoisotopic (exact) mass is 544 g/mol. The third-order valence-corrected chi connectivity index (χ3v) is 9.56. The molecule has 1 saturated heterocycles. The van der Waals surface area contributed by atoms with Gasteiger partial charge in [-0.25, -0.2) is 8.42 Å². The topological polar surface area (TPSA) is 111 Å². The fourth-order valence-corrected chi connectivity index (χ4v) is 6.83. The number of aromatic nitrogens is 2. The average Bonchev–Trinajstić information content (AvgIpc) is 3.37. The van der Waals surface area contributed by atoms with Crippen molar-refractivity contribution >= 4 is 72.0 Å². The number of benzene rings is 1. The van der Waals surface area contributed by atoms with Crippen LogP contribution in [-0.4, -0.2) is 64.2 Å². The number of anilines is 4. The zero-order valence-electron chi connectivity index (χ0n) is 16.6. The lowest BCUT2D eigenvalue weighted by atomic mass is 10.3. The van der Waals surface area contributed by atoms with Gasteiger partial charge in [0.25, 0.3) is 10.0 Å². The molecule has 2 aromatic heterocycles. The van der Waals surface area contributed by atoms with Gasteiger partial charge in [0, 0.05) is 36.0 Å². The summed E-state index contributed by atoms with van der Waals surface area (Å²) in [7, 11) is -3.77. The molecule has 3 aromatic rings. The number of hydrogen-bond donors (Lipinski definition) is 3. The van der Waals surface area contributed by atoms with E-state index in [1.165, 1.54) is 4.31 Å². The van der Waals surface area contributed by atoms with Crippen molar-refractivity contribution in [3.05, 3.63) is 34.1 Å². The maximum absolute atomic E-state index is 13.1. The molecular formula is C18H21BrN6O3S3. The Labute approximate surface area is 197 Å². The van der Waals surface area contributed by atoms with Crippen molar-refractivity contribution in [2.24, 2.45) is 0 Å². The Hall–Kier alpha value is -1.77. The van der Waals surface area contributed by atoms with Crippen LogP contribution in [0.25, 0.3) is 0 Å². The molecule has 0 amide bonds. The van der Waals surface area contributed by atoms with Gasteiger partial charge < -0.3 is 20.6 Å². The summed E-state index contributed by atoms with van der Waals surface area (Å²) in [5.41, 5.74) is 1.08. The van der Waals surface area contributed by atoms with E-state index in [2.05, 4.69) is 47.1 Å². The summed E-state index contributed by atoms with van der Waals surface area (Å²) in [5, 5.41) is 18.4. The van der Waals surface area contributed by atoms with E-state index in [1.807, 2.05) is 24.3 Å². The average molecular weight is 546 g/mol. The van der Waals surface area contributed by atoms with Gasteiger partial charge in [0.1, 0.15) is 0 Å². The van der Waals surface area contributed by atoms with Gasteiger partial charge >= 0.3 is 0 Å². The molecule has 9 nitrogen and oxygen atoms in total. The van der Waals surface area contributed by atoms with Gasteiger partial charge in [-0.1, -0.05) is 19.1 Å². The number of hydrogen-bond acceptors (Lipinski definition) is 10. The number of aromatic hydroxyl groups is 1. The molecule has 0 saturated carbocycles. The van der Waals surface area contributed by atoms with Crippen molar-refractivity contribution in [2.75, 3.05) is 43.4 Å². The Morgan fingerprint density at radius 1 is 1.10 bits per heavy atom. The summed E-state index contributed by atoms with van der Waals surface area (Å²) in [6, 6.07) is 7.58. The second kappa shape index (κ2) is 9.38. The van der Waals surface area contributed by atoms with Crippen molar-refractivity contribution in [1.82, 2.24) is 18.0 Å². The minimum absolute atomic E-state index is 0.0662. The molecule has 1 fully saturated rings. The zero-order chi connectivity index (χ0) is 22.0. The van der Waals surface area contributed by atoms with Gasteiger partial charge in [0.15, 0.2) is 21.6 Å². The molecule has 3 heterocycles.